The van der Waals surface area contributed by atoms with Crippen molar-refractivity contribution in [2.24, 2.45) is 5.92 Å². The van der Waals surface area contributed by atoms with E-state index in [0.29, 0.717) is 16.3 Å². The van der Waals surface area contributed by atoms with Crippen LogP contribution in [0, 0.1) is 5.92 Å². The SMILES string of the molecule is CC(C)C(NC(=O)c1ccccc1Cl)C(=O)Nc1ccc(-n2cnc3ccccc32)cc1. The Kier molecular flexibility index (Phi) is 6.23. The molecule has 3 aromatic carbocycles. The molecule has 1 aromatic heterocycles. The van der Waals surface area contributed by atoms with Crippen molar-refractivity contribution in [1.29, 1.82) is 0 Å². The molecule has 6 nitrogen and oxygen atoms in total. The second-order valence-electron chi connectivity index (χ2n) is 7.81. The van der Waals surface area contributed by atoms with E-state index < -0.39 is 6.04 Å². The van der Waals surface area contributed by atoms with E-state index in [1.807, 2.05) is 66.9 Å². The molecule has 0 aliphatic carbocycles. The molecule has 0 bridgehead atoms. The highest BCUT2D eigenvalue weighted by atomic mass is 35.5. The molecule has 0 aliphatic heterocycles. The van der Waals surface area contributed by atoms with Crippen LogP contribution in [-0.4, -0.2) is 27.4 Å². The van der Waals surface area contributed by atoms with Gasteiger partial charge in [-0.05, 0) is 54.4 Å². The fourth-order valence-electron chi connectivity index (χ4n) is 3.49. The number of imidazole rings is 1. The minimum Gasteiger partial charge on any atom is -0.340 e. The smallest absolute Gasteiger partial charge is 0.253 e. The summed E-state index contributed by atoms with van der Waals surface area (Å²) < 4.78 is 1.99. The molecule has 1 heterocycles. The Labute approximate surface area is 191 Å². The summed E-state index contributed by atoms with van der Waals surface area (Å²) >= 11 is 6.12. The highest BCUT2D eigenvalue weighted by Gasteiger charge is 2.25. The lowest BCUT2D eigenvalue weighted by molar-refractivity contribution is -0.118. The molecule has 2 N–H and O–H groups in total. The molecule has 4 rings (SSSR count). The molecule has 7 heteroatoms. The molecule has 4 aromatic rings. The molecule has 0 saturated heterocycles. The molecule has 2 amide bonds. The summed E-state index contributed by atoms with van der Waals surface area (Å²) in [7, 11) is 0. The van der Waals surface area contributed by atoms with Gasteiger partial charge in [0.05, 0.1) is 21.6 Å². The first-order chi connectivity index (χ1) is 15.4. The van der Waals surface area contributed by atoms with Gasteiger partial charge in [0.15, 0.2) is 0 Å². The van der Waals surface area contributed by atoms with E-state index in [0.717, 1.165) is 16.7 Å². The minimum atomic E-state index is -0.712. The first kappa shape index (κ1) is 21.6. The van der Waals surface area contributed by atoms with Crippen molar-refractivity contribution in [1.82, 2.24) is 14.9 Å². The van der Waals surface area contributed by atoms with Crippen molar-refractivity contribution in [3.63, 3.8) is 0 Å². The van der Waals surface area contributed by atoms with Crippen LogP contribution < -0.4 is 10.6 Å². The number of nitrogens with one attached hydrogen (secondary N) is 2. The minimum absolute atomic E-state index is 0.113. The molecule has 0 radical (unpaired) electrons. The van der Waals surface area contributed by atoms with Gasteiger partial charge in [-0.2, -0.15) is 0 Å². The van der Waals surface area contributed by atoms with Crippen molar-refractivity contribution < 1.29 is 9.59 Å². The van der Waals surface area contributed by atoms with Crippen LogP contribution in [0.5, 0.6) is 0 Å². The predicted molar refractivity (Wildman–Crippen MR) is 127 cm³/mol. The van der Waals surface area contributed by atoms with Gasteiger partial charge in [-0.15, -0.1) is 0 Å². The Balaban J connectivity index is 1.48. The van der Waals surface area contributed by atoms with Gasteiger partial charge in [0.1, 0.15) is 12.4 Å². The summed E-state index contributed by atoms with van der Waals surface area (Å²) in [6.45, 7) is 3.76. The molecule has 0 saturated carbocycles. The van der Waals surface area contributed by atoms with Crippen molar-refractivity contribution in [2.75, 3.05) is 5.32 Å². The highest BCUT2D eigenvalue weighted by molar-refractivity contribution is 6.33. The van der Waals surface area contributed by atoms with E-state index in [1.54, 1.807) is 30.6 Å². The Bertz CT molecular complexity index is 1260. The molecule has 1 atom stereocenters. The van der Waals surface area contributed by atoms with Gasteiger partial charge in [-0.25, -0.2) is 4.98 Å². The summed E-state index contributed by atoms with van der Waals surface area (Å²) in [5, 5.41) is 6.04. The quantitative estimate of drug-likeness (QED) is 0.434. The second kappa shape index (κ2) is 9.24. The molecule has 1 unspecified atom stereocenters. The molecule has 162 valence electrons. The third-order valence-corrected chi connectivity index (χ3v) is 5.55. The van der Waals surface area contributed by atoms with Crippen LogP contribution in [0.15, 0.2) is 79.1 Å². The van der Waals surface area contributed by atoms with Crippen LogP contribution in [-0.2, 0) is 4.79 Å². The zero-order valence-corrected chi connectivity index (χ0v) is 18.5. The number of para-hydroxylation sites is 2. The summed E-state index contributed by atoms with van der Waals surface area (Å²) in [5.41, 5.74) is 3.83. The summed E-state index contributed by atoms with van der Waals surface area (Å²) in [4.78, 5) is 30.0. The number of fused-ring (bicyclic) bond motifs is 1. The van der Waals surface area contributed by atoms with Crippen molar-refractivity contribution in [3.8, 4) is 5.69 Å². The van der Waals surface area contributed by atoms with E-state index in [4.69, 9.17) is 11.6 Å². The number of carbonyl (C=O) groups excluding carboxylic acids is 2. The van der Waals surface area contributed by atoms with Crippen LogP contribution in [0.1, 0.15) is 24.2 Å². The Morgan fingerprint density at radius 2 is 1.62 bits per heavy atom. The first-order valence-electron chi connectivity index (χ1n) is 10.3. The average molecular weight is 447 g/mol. The molecule has 32 heavy (non-hydrogen) atoms. The Morgan fingerprint density at radius 1 is 0.938 bits per heavy atom. The van der Waals surface area contributed by atoms with Gasteiger partial charge in [0, 0.05) is 11.4 Å². The maximum atomic E-state index is 12.9. The zero-order chi connectivity index (χ0) is 22.7. The molecular formula is C25H23ClN4O2. The summed E-state index contributed by atoms with van der Waals surface area (Å²) in [6, 6.07) is 21.4. The maximum Gasteiger partial charge on any atom is 0.253 e. The van der Waals surface area contributed by atoms with Gasteiger partial charge in [-0.3, -0.25) is 14.2 Å². The molecular weight excluding hydrogens is 424 g/mol. The number of rotatable bonds is 6. The lowest BCUT2D eigenvalue weighted by Crippen LogP contribution is -2.47. The lowest BCUT2D eigenvalue weighted by Gasteiger charge is -2.22. The van der Waals surface area contributed by atoms with E-state index >= 15 is 0 Å². The number of amides is 2. The van der Waals surface area contributed by atoms with Crippen LogP contribution >= 0.6 is 11.6 Å². The van der Waals surface area contributed by atoms with E-state index in [-0.39, 0.29) is 17.7 Å². The maximum absolute atomic E-state index is 12.9. The van der Waals surface area contributed by atoms with Gasteiger partial charge in [0.25, 0.3) is 5.91 Å². The van der Waals surface area contributed by atoms with E-state index in [1.165, 1.54) is 0 Å². The van der Waals surface area contributed by atoms with Gasteiger partial charge in [-0.1, -0.05) is 49.7 Å². The Morgan fingerprint density at radius 3 is 2.34 bits per heavy atom. The van der Waals surface area contributed by atoms with Crippen LogP contribution in [0.25, 0.3) is 16.7 Å². The monoisotopic (exact) mass is 446 g/mol. The number of aromatic nitrogens is 2. The van der Waals surface area contributed by atoms with Crippen LogP contribution in [0.3, 0.4) is 0 Å². The number of nitrogens with zero attached hydrogens (tertiary/aromatic N) is 2. The third kappa shape index (κ3) is 4.50. The fraction of sp³-hybridized carbons (Fsp3) is 0.160. The van der Waals surface area contributed by atoms with E-state index in [2.05, 4.69) is 15.6 Å². The predicted octanol–water partition coefficient (Wildman–Crippen LogP) is 5.07. The number of benzene rings is 3. The Hall–Kier alpha value is -3.64. The van der Waals surface area contributed by atoms with Crippen molar-refractivity contribution >= 4 is 40.1 Å². The second-order valence-corrected chi connectivity index (χ2v) is 8.22. The lowest BCUT2D eigenvalue weighted by atomic mass is 10.0. The first-order valence-corrected chi connectivity index (χ1v) is 10.7. The number of anilines is 1. The standard InChI is InChI=1S/C25H23ClN4O2/c1-16(2)23(29-24(31)19-7-3-4-8-20(19)26)25(32)28-17-11-13-18(14-12-17)30-15-27-21-9-5-6-10-22(21)30/h3-16,23H,1-2H3,(H,28,32)(H,29,31). The van der Waals surface area contributed by atoms with Gasteiger partial charge < -0.3 is 10.6 Å². The molecule has 0 spiro atoms. The molecule has 0 aliphatic rings. The number of carbonyl (C=O) groups is 2. The number of hydrogen-bond donors (Lipinski definition) is 2. The van der Waals surface area contributed by atoms with Crippen molar-refractivity contribution in [2.45, 2.75) is 19.9 Å². The normalized spacial score (nSPS) is 12.0. The molecule has 0 fully saturated rings. The van der Waals surface area contributed by atoms with Gasteiger partial charge in [0.2, 0.25) is 5.91 Å². The highest BCUT2D eigenvalue weighted by Crippen LogP contribution is 2.20. The van der Waals surface area contributed by atoms with Crippen LogP contribution in [0.4, 0.5) is 5.69 Å². The summed E-state index contributed by atoms with van der Waals surface area (Å²) in [6.07, 6.45) is 1.78. The fourth-order valence-corrected chi connectivity index (χ4v) is 3.71. The zero-order valence-electron chi connectivity index (χ0n) is 17.7. The average Bonchev–Trinajstić information content (AvgIpc) is 3.22. The number of hydrogen-bond acceptors (Lipinski definition) is 3. The number of halogens is 1. The summed E-state index contributed by atoms with van der Waals surface area (Å²) in [5.74, 6) is -0.786. The van der Waals surface area contributed by atoms with Gasteiger partial charge >= 0.3 is 0 Å². The largest absolute Gasteiger partial charge is 0.340 e. The topological polar surface area (TPSA) is 76.0 Å². The third-order valence-electron chi connectivity index (χ3n) is 5.22. The van der Waals surface area contributed by atoms with Crippen LogP contribution in [0.2, 0.25) is 5.02 Å². The van der Waals surface area contributed by atoms with E-state index in [9.17, 15) is 9.59 Å². The van der Waals surface area contributed by atoms with Crippen molar-refractivity contribution in [3.05, 3.63) is 89.7 Å².